The SMILES string of the molecule is CC(Nc1nccn(C(C)(C)C)c1=O)c1nncn1C. The molecule has 0 saturated heterocycles. The van der Waals surface area contributed by atoms with Crippen LogP contribution in [0.3, 0.4) is 0 Å². The van der Waals surface area contributed by atoms with Gasteiger partial charge in [-0.25, -0.2) is 4.98 Å². The molecule has 0 aliphatic heterocycles. The van der Waals surface area contributed by atoms with Crippen LogP contribution in [0.15, 0.2) is 23.5 Å². The number of hydrogen-bond acceptors (Lipinski definition) is 5. The molecule has 0 fully saturated rings. The molecule has 7 heteroatoms. The molecule has 2 aromatic heterocycles. The molecular formula is C13H20N6O. The van der Waals surface area contributed by atoms with Crippen molar-refractivity contribution in [2.45, 2.75) is 39.3 Å². The van der Waals surface area contributed by atoms with Gasteiger partial charge in [0.1, 0.15) is 6.33 Å². The average molecular weight is 276 g/mol. The lowest BCUT2D eigenvalue weighted by Gasteiger charge is -2.23. The second-order valence-electron chi connectivity index (χ2n) is 5.79. The van der Waals surface area contributed by atoms with E-state index in [0.29, 0.717) is 5.82 Å². The molecule has 7 nitrogen and oxygen atoms in total. The van der Waals surface area contributed by atoms with Crippen molar-refractivity contribution in [3.63, 3.8) is 0 Å². The Morgan fingerprint density at radius 2 is 2.05 bits per heavy atom. The molecule has 0 aliphatic carbocycles. The van der Waals surface area contributed by atoms with Crippen molar-refractivity contribution >= 4 is 5.82 Å². The van der Waals surface area contributed by atoms with Crippen LogP contribution >= 0.6 is 0 Å². The molecule has 108 valence electrons. The van der Waals surface area contributed by atoms with Crippen molar-refractivity contribution in [2.75, 3.05) is 5.32 Å². The first-order valence-corrected chi connectivity index (χ1v) is 6.49. The van der Waals surface area contributed by atoms with Gasteiger partial charge in [0.25, 0.3) is 5.56 Å². The summed E-state index contributed by atoms with van der Waals surface area (Å²) in [7, 11) is 1.86. The third-order valence-electron chi connectivity index (χ3n) is 3.05. The summed E-state index contributed by atoms with van der Waals surface area (Å²) in [6.45, 7) is 7.85. The highest BCUT2D eigenvalue weighted by Crippen LogP contribution is 2.14. The van der Waals surface area contributed by atoms with Crippen molar-refractivity contribution < 1.29 is 0 Å². The largest absolute Gasteiger partial charge is 0.356 e. The van der Waals surface area contributed by atoms with Crippen LogP contribution in [0.2, 0.25) is 0 Å². The molecule has 1 atom stereocenters. The fourth-order valence-corrected chi connectivity index (χ4v) is 1.99. The predicted octanol–water partition coefficient (Wildman–Crippen LogP) is 1.30. The maximum absolute atomic E-state index is 12.4. The average Bonchev–Trinajstić information content (AvgIpc) is 2.76. The van der Waals surface area contributed by atoms with Gasteiger partial charge in [-0.3, -0.25) is 4.79 Å². The Balaban J connectivity index is 2.32. The van der Waals surface area contributed by atoms with Gasteiger partial charge in [-0.1, -0.05) is 0 Å². The maximum Gasteiger partial charge on any atom is 0.293 e. The molecule has 0 amide bonds. The fourth-order valence-electron chi connectivity index (χ4n) is 1.99. The highest BCUT2D eigenvalue weighted by atomic mass is 16.1. The van der Waals surface area contributed by atoms with Gasteiger partial charge in [0.15, 0.2) is 11.6 Å². The zero-order valence-corrected chi connectivity index (χ0v) is 12.5. The molecule has 1 unspecified atom stereocenters. The van der Waals surface area contributed by atoms with Gasteiger partial charge in [-0.2, -0.15) is 0 Å². The van der Waals surface area contributed by atoms with Crippen molar-refractivity contribution in [3.8, 4) is 0 Å². The molecule has 0 spiro atoms. The summed E-state index contributed by atoms with van der Waals surface area (Å²) in [6.07, 6.45) is 4.94. The van der Waals surface area contributed by atoms with Crippen LogP contribution in [0.1, 0.15) is 39.6 Å². The van der Waals surface area contributed by atoms with E-state index >= 15 is 0 Å². The van der Waals surface area contributed by atoms with E-state index in [1.165, 1.54) is 0 Å². The van der Waals surface area contributed by atoms with Crippen LogP contribution in [-0.4, -0.2) is 24.3 Å². The lowest BCUT2D eigenvalue weighted by Crippen LogP contribution is -2.35. The molecular weight excluding hydrogens is 256 g/mol. The summed E-state index contributed by atoms with van der Waals surface area (Å²) < 4.78 is 3.47. The maximum atomic E-state index is 12.4. The van der Waals surface area contributed by atoms with Crippen LogP contribution in [0.5, 0.6) is 0 Å². The van der Waals surface area contributed by atoms with E-state index in [1.54, 1.807) is 23.3 Å². The minimum atomic E-state index is -0.287. The Labute approximate surface area is 117 Å². The summed E-state index contributed by atoms with van der Waals surface area (Å²) in [5.74, 6) is 1.07. The van der Waals surface area contributed by atoms with Crippen LogP contribution in [0.4, 0.5) is 5.82 Å². The van der Waals surface area contributed by atoms with Crippen molar-refractivity contribution in [1.29, 1.82) is 0 Å². The van der Waals surface area contributed by atoms with E-state index < -0.39 is 0 Å². The lowest BCUT2D eigenvalue weighted by atomic mass is 10.1. The summed E-state index contributed by atoms with van der Waals surface area (Å²) in [4.78, 5) is 16.5. The van der Waals surface area contributed by atoms with Crippen molar-refractivity contribution in [3.05, 3.63) is 34.9 Å². The Hall–Kier alpha value is -2.18. The van der Waals surface area contributed by atoms with Crippen LogP contribution in [0, 0.1) is 0 Å². The zero-order chi connectivity index (χ0) is 14.9. The minimum absolute atomic E-state index is 0.144. The third kappa shape index (κ3) is 2.71. The number of nitrogens with one attached hydrogen (secondary N) is 1. The van der Waals surface area contributed by atoms with E-state index in [0.717, 1.165) is 5.82 Å². The van der Waals surface area contributed by atoms with E-state index in [9.17, 15) is 4.79 Å². The zero-order valence-electron chi connectivity index (χ0n) is 12.5. The third-order valence-corrected chi connectivity index (χ3v) is 3.05. The molecule has 20 heavy (non-hydrogen) atoms. The number of hydrogen-bond donors (Lipinski definition) is 1. The summed E-state index contributed by atoms with van der Waals surface area (Å²) in [5, 5.41) is 11.0. The van der Waals surface area contributed by atoms with Gasteiger partial charge < -0.3 is 14.5 Å². The van der Waals surface area contributed by atoms with Crippen molar-refractivity contribution in [1.82, 2.24) is 24.3 Å². The Morgan fingerprint density at radius 1 is 1.35 bits per heavy atom. The van der Waals surface area contributed by atoms with E-state index in [2.05, 4.69) is 20.5 Å². The number of aromatic nitrogens is 5. The number of aryl methyl sites for hydroxylation is 1. The first-order chi connectivity index (χ1) is 9.30. The van der Waals surface area contributed by atoms with Gasteiger partial charge >= 0.3 is 0 Å². The van der Waals surface area contributed by atoms with Gasteiger partial charge in [0.2, 0.25) is 0 Å². The van der Waals surface area contributed by atoms with E-state index in [-0.39, 0.29) is 17.1 Å². The first kappa shape index (κ1) is 14.2. The molecule has 0 aliphatic rings. The second kappa shape index (κ2) is 5.07. The van der Waals surface area contributed by atoms with Crippen LogP contribution < -0.4 is 10.9 Å². The first-order valence-electron chi connectivity index (χ1n) is 6.49. The Kier molecular flexibility index (Phi) is 3.61. The highest BCUT2D eigenvalue weighted by Gasteiger charge is 2.19. The summed E-state index contributed by atoms with van der Waals surface area (Å²) >= 11 is 0. The van der Waals surface area contributed by atoms with Gasteiger partial charge in [-0.15, -0.1) is 10.2 Å². The summed E-state index contributed by atoms with van der Waals surface area (Å²) in [5.41, 5.74) is -0.432. The molecule has 2 rings (SSSR count). The van der Waals surface area contributed by atoms with Crippen LogP contribution in [0.25, 0.3) is 0 Å². The summed E-state index contributed by atoms with van der Waals surface area (Å²) in [6, 6.07) is -0.154. The molecule has 1 N–H and O–H groups in total. The predicted molar refractivity (Wildman–Crippen MR) is 76.5 cm³/mol. The van der Waals surface area contributed by atoms with Gasteiger partial charge in [0.05, 0.1) is 6.04 Å². The molecule has 2 aromatic rings. The Morgan fingerprint density at radius 3 is 2.60 bits per heavy atom. The molecule has 0 saturated carbocycles. The number of anilines is 1. The Bertz CT molecular complexity index is 651. The molecule has 0 radical (unpaired) electrons. The second-order valence-corrected chi connectivity index (χ2v) is 5.79. The minimum Gasteiger partial charge on any atom is -0.356 e. The van der Waals surface area contributed by atoms with Gasteiger partial charge in [-0.05, 0) is 27.7 Å². The smallest absolute Gasteiger partial charge is 0.293 e. The number of rotatable bonds is 3. The molecule has 2 heterocycles. The topological polar surface area (TPSA) is 77.6 Å². The lowest BCUT2D eigenvalue weighted by molar-refractivity contribution is 0.383. The van der Waals surface area contributed by atoms with Crippen molar-refractivity contribution in [2.24, 2.45) is 7.05 Å². The van der Waals surface area contributed by atoms with E-state index in [1.807, 2.05) is 39.3 Å². The molecule has 0 aromatic carbocycles. The fraction of sp³-hybridized carbons (Fsp3) is 0.538. The normalized spacial score (nSPS) is 13.2. The monoisotopic (exact) mass is 276 g/mol. The van der Waals surface area contributed by atoms with E-state index in [4.69, 9.17) is 0 Å². The molecule has 0 bridgehead atoms. The number of nitrogens with zero attached hydrogens (tertiary/aromatic N) is 5. The van der Waals surface area contributed by atoms with Gasteiger partial charge in [0, 0.05) is 25.0 Å². The van der Waals surface area contributed by atoms with Crippen LogP contribution in [-0.2, 0) is 12.6 Å². The quantitative estimate of drug-likeness (QED) is 0.914. The highest BCUT2D eigenvalue weighted by molar-refractivity contribution is 5.33. The standard InChI is InChI=1S/C13H20N6O/c1-9(11-17-15-8-18(11)5)16-10-12(20)19(7-6-14-10)13(2,3)4/h6-9H,1-5H3,(H,14,16).